The van der Waals surface area contributed by atoms with Crippen LogP contribution < -0.4 is 10.6 Å². The third kappa shape index (κ3) is 4.67. The molecule has 2 aromatic carbocycles. The van der Waals surface area contributed by atoms with Gasteiger partial charge in [0.05, 0.1) is 5.57 Å². The molecular formula is C26H23FN6OS. The van der Waals surface area contributed by atoms with E-state index in [4.69, 9.17) is 0 Å². The Morgan fingerprint density at radius 1 is 1.11 bits per heavy atom. The number of fused-ring (bicyclic) bond motifs is 1. The Labute approximate surface area is 206 Å². The van der Waals surface area contributed by atoms with Crippen molar-refractivity contribution in [3.8, 4) is 0 Å². The van der Waals surface area contributed by atoms with Crippen molar-refractivity contribution in [1.82, 2.24) is 19.7 Å². The van der Waals surface area contributed by atoms with Gasteiger partial charge in [0.2, 0.25) is 11.1 Å². The van der Waals surface area contributed by atoms with E-state index in [1.54, 1.807) is 35.3 Å². The predicted molar refractivity (Wildman–Crippen MR) is 134 cm³/mol. The van der Waals surface area contributed by atoms with Gasteiger partial charge in [-0.15, -0.1) is 5.10 Å². The van der Waals surface area contributed by atoms with Gasteiger partial charge in [0.15, 0.2) is 0 Å². The van der Waals surface area contributed by atoms with Crippen molar-refractivity contribution in [2.75, 3.05) is 10.6 Å². The molecule has 2 N–H and O–H groups in total. The minimum atomic E-state index is -0.528. The lowest BCUT2D eigenvalue weighted by Gasteiger charge is -2.28. The first-order chi connectivity index (χ1) is 17.0. The number of amides is 1. The molecule has 176 valence electrons. The van der Waals surface area contributed by atoms with E-state index in [9.17, 15) is 9.18 Å². The Morgan fingerprint density at radius 3 is 2.69 bits per heavy atom. The molecule has 1 amide bonds. The van der Waals surface area contributed by atoms with E-state index in [1.807, 2.05) is 50.2 Å². The number of aryl methyl sites for hydroxylation is 1. The number of hydrogen-bond acceptors (Lipinski definition) is 6. The normalized spacial score (nSPS) is 14.9. The van der Waals surface area contributed by atoms with Crippen LogP contribution in [-0.2, 0) is 10.5 Å². The van der Waals surface area contributed by atoms with Crippen LogP contribution in [0.2, 0.25) is 0 Å². The molecule has 7 nitrogen and oxygen atoms in total. The topological polar surface area (TPSA) is 84.7 Å². The molecular weight excluding hydrogens is 463 g/mol. The zero-order chi connectivity index (χ0) is 24.4. The van der Waals surface area contributed by atoms with E-state index >= 15 is 0 Å². The maximum absolute atomic E-state index is 14.1. The first-order valence-corrected chi connectivity index (χ1v) is 12.1. The van der Waals surface area contributed by atoms with E-state index in [0.717, 1.165) is 16.8 Å². The summed E-state index contributed by atoms with van der Waals surface area (Å²) in [5.74, 6) is 0.406. The first kappa shape index (κ1) is 22.8. The third-order valence-corrected chi connectivity index (χ3v) is 6.67. The zero-order valence-electron chi connectivity index (χ0n) is 19.2. The second kappa shape index (κ2) is 9.71. The van der Waals surface area contributed by atoms with Gasteiger partial charge in [0, 0.05) is 29.5 Å². The van der Waals surface area contributed by atoms with Gasteiger partial charge in [0.1, 0.15) is 11.9 Å². The smallest absolute Gasteiger partial charge is 0.255 e. The van der Waals surface area contributed by atoms with E-state index in [2.05, 4.69) is 25.7 Å². The first-order valence-electron chi connectivity index (χ1n) is 11.1. The summed E-state index contributed by atoms with van der Waals surface area (Å²) in [5.41, 5.74) is 4.29. The number of hydrogen-bond donors (Lipinski definition) is 2. The monoisotopic (exact) mass is 486 g/mol. The maximum atomic E-state index is 14.1. The fraction of sp³-hybridized carbons (Fsp3) is 0.154. The Morgan fingerprint density at radius 2 is 1.91 bits per heavy atom. The average Bonchev–Trinajstić information content (AvgIpc) is 3.27. The molecule has 1 aliphatic rings. The van der Waals surface area contributed by atoms with Gasteiger partial charge in [-0.1, -0.05) is 54.2 Å². The number of anilines is 2. The number of carbonyl (C=O) groups is 1. The number of rotatable bonds is 6. The van der Waals surface area contributed by atoms with Gasteiger partial charge in [-0.05, 0) is 48.7 Å². The molecule has 2 aromatic heterocycles. The number of halogens is 1. The highest BCUT2D eigenvalue weighted by Crippen LogP contribution is 2.37. The van der Waals surface area contributed by atoms with Crippen molar-refractivity contribution in [2.45, 2.75) is 30.8 Å². The van der Waals surface area contributed by atoms with Crippen LogP contribution in [0.3, 0.4) is 0 Å². The van der Waals surface area contributed by atoms with E-state index < -0.39 is 6.04 Å². The summed E-state index contributed by atoms with van der Waals surface area (Å²) in [4.78, 5) is 22.4. The molecule has 4 aromatic rings. The molecule has 1 atom stereocenters. The fourth-order valence-corrected chi connectivity index (χ4v) is 4.81. The number of nitrogens with one attached hydrogen (secondary N) is 2. The highest BCUT2D eigenvalue weighted by molar-refractivity contribution is 7.98. The number of pyridine rings is 1. The van der Waals surface area contributed by atoms with E-state index in [-0.39, 0.29) is 11.7 Å². The van der Waals surface area contributed by atoms with Gasteiger partial charge >= 0.3 is 0 Å². The highest BCUT2D eigenvalue weighted by Gasteiger charge is 2.34. The van der Waals surface area contributed by atoms with Crippen molar-refractivity contribution >= 4 is 29.3 Å². The summed E-state index contributed by atoms with van der Waals surface area (Å²) in [6, 6.07) is 17.5. The van der Waals surface area contributed by atoms with Gasteiger partial charge in [-0.25, -0.2) is 9.07 Å². The molecule has 5 rings (SSSR count). The van der Waals surface area contributed by atoms with Gasteiger partial charge in [-0.2, -0.15) is 4.98 Å². The molecule has 9 heteroatoms. The number of para-hydroxylation sites is 1. The third-order valence-electron chi connectivity index (χ3n) is 5.79. The van der Waals surface area contributed by atoms with Gasteiger partial charge < -0.3 is 10.6 Å². The Balaban J connectivity index is 1.49. The summed E-state index contributed by atoms with van der Waals surface area (Å²) < 4.78 is 15.8. The molecule has 0 saturated heterocycles. The lowest BCUT2D eigenvalue weighted by Crippen LogP contribution is -2.31. The second-order valence-electron chi connectivity index (χ2n) is 8.16. The molecule has 35 heavy (non-hydrogen) atoms. The summed E-state index contributed by atoms with van der Waals surface area (Å²) in [6.45, 7) is 3.80. The minimum Gasteiger partial charge on any atom is -0.328 e. The van der Waals surface area contributed by atoms with Gasteiger partial charge in [0.25, 0.3) is 5.91 Å². The molecule has 1 aliphatic heterocycles. The van der Waals surface area contributed by atoms with Crippen molar-refractivity contribution in [3.05, 3.63) is 107 Å². The molecule has 0 saturated carbocycles. The SMILES string of the molecule is CC1=C(C(=O)Nc2ccccc2C)[C@@H](c2cccnc2)n2nc(SCc3ccccc3F)nc2N1. The molecule has 0 unspecified atom stereocenters. The second-order valence-corrected chi connectivity index (χ2v) is 9.11. The van der Waals surface area contributed by atoms with E-state index in [1.165, 1.54) is 17.8 Å². The quantitative estimate of drug-likeness (QED) is 0.358. The van der Waals surface area contributed by atoms with Crippen LogP contribution in [0.25, 0.3) is 0 Å². The molecule has 3 heterocycles. The van der Waals surface area contributed by atoms with E-state index in [0.29, 0.717) is 33.7 Å². The lowest BCUT2D eigenvalue weighted by molar-refractivity contribution is -0.113. The van der Waals surface area contributed by atoms with Crippen LogP contribution in [0, 0.1) is 12.7 Å². The van der Waals surface area contributed by atoms with Crippen LogP contribution in [0.15, 0.2) is 89.5 Å². The Kier molecular flexibility index (Phi) is 6.33. The summed E-state index contributed by atoms with van der Waals surface area (Å²) in [7, 11) is 0. The Bertz CT molecular complexity index is 1420. The number of aromatic nitrogens is 4. The van der Waals surface area contributed by atoms with Crippen molar-refractivity contribution in [2.24, 2.45) is 0 Å². The average molecular weight is 487 g/mol. The van der Waals surface area contributed by atoms with Crippen molar-refractivity contribution in [1.29, 1.82) is 0 Å². The Hall–Kier alpha value is -3.98. The van der Waals surface area contributed by atoms with Crippen LogP contribution in [-0.4, -0.2) is 25.7 Å². The summed E-state index contributed by atoms with van der Waals surface area (Å²) in [6.07, 6.45) is 3.41. The standard InChI is InChI=1S/C26H23FN6OS/c1-16-8-3-6-12-21(16)30-24(34)22-17(2)29-25-31-26(35-15-19-9-4-5-11-20(19)27)32-33(25)23(22)18-10-7-13-28-14-18/h3-14,23H,15H2,1-2H3,(H,30,34)(H,29,31,32)/t23-/m1/s1. The number of carbonyl (C=O) groups excluding carboxylic acids is 1. The molecule has 0 fully saturated rings. The predicted octanol–water partition coefficient (Wildman–Crippen LogP) is 5.34. The number of allylic oxidation sites excluding steroid dienone is 1. The lowest BCUT2D eigenvalue weighted by atomic mass is 9.96. The molecule has 0 aliphatic carbocycles. The van der Waals surface area contributed by atoms with Crippen LogP contribution >= 0.6 is 11.8 Å². The van der Waals surface area contributed by atoms with Crippen LogP contribution in [0.1, 0.15) is 29.7 Å². The zero-order valence-corrected chi connectivity index (χ0v) is 20.0. The maximum Gasteiger partial charge on any atom is 0.255 e. The molecule has 0 bridgehead atoms. The molecule has 0 radical (unpaired) electrons. The summed E-state index contributed by atoms with van der Waals surface area (Å²) in [5, 5.41) is 11.4. The largest absolute Gasteiger partial charge is 0.328 e. The van der Waals surface area contributed by atoms with Gasteiger partial charge in [-0.3, -0.25) is 9.78 Å². The minimum absolute atomic E-state index is 0.236. The number of nitrogens with zero attached hydrogens (tertiary/aromatic N) is 4. The fourth-order valence-electron chi connectivity index (χ4n) is 3.99. The summed E-state index contributed by atoms with van der Waals surface area (Å²) >= 11 is 1.34. The number of thioether (sulfide) groups is 1. The van der Waals surface area contributed by atoms with Crippen molar-refractivity contribution < 1.29 is 9.18 Å². The molecule has 0 spiro atoms. The van der Waals surface area contributed by atoms with Crippen LogP contribution in [0.4, 0.5) is 16.0 Å². The van der Waals surface area contributed by atoms with Crippen LogP contribution in [0.5, 0.6) is 0 Å². The highest BCUT2D eigenvalue weighted by atomic mass is 32.2. The number of benzene rings is 2. The van der Waals surface area contributed by atoms with Crippen molar-refractivity contribution in [3.63, 3.8) is 0 Å².